The summed E-state index contributed by atoms with van der Waals surface area (Å²) in [5.41, 5.74) is 1.14. The molecule has 22 heavy (non-hydrogen) atoms. The summed E-state index contributed by atoms with van der Waals surface area (Å²) in [7, 11) is 0. The Morgan fingerprint density at radius 3 is 2.59 bits per heavy atom. The van der Waals surface area contributed by atoms with Crippen LogP contribution >= 0.6 is 27.3 Å². The van der Waals surface area contributed by atoms with Gasteiger partial charge in [0.05, 0.1) is 3.79 Å². The van der Waals surface area contributed by atoms with Crippen molar-refractivity contribution in [3.63, 3.8) is 0 Å². The van der Waals surface area contributed by atoms with Crippen LogP contribution in [-0.2, 0) is 11.3 Å². The number of nitrogens with one attached hydrogen (secondary N) is 2. The molecule has 2 rings (SSSR count). The van der Waals surface area contributed by atoms with Gasteiger partial charge in [0.15, 0.2) is 0 Å². The van der Waals surface area contributed by atoms with Gasteiger partial charge in [-0.25, -0.2) is 4.79 Å². The molecule has 1 aromatic carbocycles. The van der Waals surface area contributed by atoms with Gasteiger partial charge in [-0.1, -0.05) is 6.07 Å². The molecule has 1 aromatic heterocycles. The molecular weight excluding hydrogens is 364 g/mol. The van der Waals surface area contributed by atoms with Crippen molar-refractivity contribution in [2.75, 3.05) is 10.6 Å². The molecule has 0 spiro atoms. The number of amides is 1. The smallest absolute Gasteiger partial charge is 0.412 e. The van der Waals surface area contributed by atoms with E-state index in [2.05, 4.69) is 32.6 Å². The fourth-order valence-electron chi connectivity index (χ4n) is 1.76. The SMILES string of the molecule is CC(C)(C)OC(=O)Nc1cccc(NCc2ccc(Br)s2)c1. The van der Waals surface area contributed by atoms with E-state index in [9.17, 15) is 4.79 Å². The Balaban J connectivity index is 1.93. The monoisotopic (exact) mass is 382 g/mol. The second-order valence-electron chi connectivity index (χ2n) is 5.77. The largest absolute Gasteiger partial charge is 0.444 e. The minimum atomic E-state index is -0.507. The van der Waals surface area contributed by atoms with Gasteiger partial charge in [0.1, 0.15) is 5.60 Å². The molecule has 1 heterocycles. The third-order valence-corrected chi connectivity index (χ3v) is 4.23. The van der Waals surface area contributed by atoms with Crippen LogP contribution in [0.2, 0.25) is 0 Å². The quantitative estimate of drug-likeness (QED) is 0.736. The molecule has 0 fully saturated rings. The molecule has 0 saturated carbocycles. The highest BCUT2D eigenvalue weighted by molar-refractivity contribution is 9.11. The molecule has 0 aliphatic carbocycles. The number of thiophene rings is 1. The van der Waals surface area contributed by atoms with Crippen LogP contribution in [0, 0.1) is 0 Å². The number of ether oxygens (including phenoxy) is 1. The lowest BCUT2D eigenvalue weighted by Gasteiger charge is -2.19. The third kappa shape index (κ3) is 5.69. The first-order valence-corrected chi connectivity index (χ1v) is 8.51. The summed E-state index contributed by atoms with van der Waals surface area (Å²) in [6, 6.07) is 11.7. The number of carbonyl (C=O) groups excluding carboxylic acids is 1. The highest BCUT2D eigenvalue weighted by Gasteiger charge is 2.16. The van der Waals surface area contributed by atoms with E-state index in [0.29, 0.717) is 5.69 Å². The number of rotatable bonds is 4. The Kier molecular flexibility index (Phi) is 5.47. The van der Waals surface area contributed by atoms with Crippen molar-refractivity contribution in [2.24, 2.45) is 0 Å². The summed E-state index contributed by atoms with van der Waals surface area (Å²) in [6.45, 7) is 6.25. The fraction of sp³-hybridized carbons (Fsp3) is 0.312. The number of halogens is 1. The van der Waals surface area contributed by atoms with Gasteiger partial charge in [0, 0.05) is 22.8 Å². The summed E-state index contributed by atoms with van der Waals surface area (Å²) < 4.78 is 6.35. The number of hydrogen-bond acceptors (Lipinski definition) is 4. The van der Waals surface area contributed by atoms with E-state index in [4.69, 9.17) is 4.74 Å². The molecule has 2 aromatic rings. The average Bonchev–Trinajstić information content (AvgIpc) is 2.80. The normalized spacial score (nSPS) is 11.1. The second kappa shape index (κ2) is 7.15. The topological polar surface area (TPSA) is 50.4 Å². The van der Waals surface area contributed by atoms with Crippen LogP contribution in [0.4, 0.5) is 16.2 Å². The lowest BCUT2D eigenvalue weighted by Crippen LogP contribution is -2.27. The molecule has 0 atom stereocenters. The van der Waals surface area contributed by atoms with Crippen LogP contribution in [0.25, 0.3) is 0 Å². The van der Waals surface area contributed by atoms with Crippen LogP contribution in [0.3, 0.4) is 0 Å². The van der Waals surface area contributed by atoms with E-state index in [1.165, 1.54) is 4.88 Å². The molecule has 0 unspecified atom stereocenters. The van der Waals surface area contributed by atoms with E-state index in [1.54, 1.807) is 11.3 Å². The van der Waals surface area contributed by atoms with E-state index in [-0.39, 0.29) is 0 Å². The maximum Gasteiger partial charge on any atom is 0.412 e. The maximum atomic E-state index is 11.8. The van der Waals surface area contributed by atoms with Crippen LogP contribution in [-0.4, -0.2) is 11.7 Å². The molecule has 1 amide bonds. The van der Waals surface area contributed by atoms with Gasteiger partial charge >= 0.3 is 6.09 Å². The molecule has 4 nitrogen and oxygen atoms in total. The van der Waals surface area contributed by atoms with Gasteiger partial charge in [0.2, 0.25) is 0 Å². The average molecular weight is 383 g/mol. The Labute approximate surface area is 143 Å². The lowest BCUT2D eigenvalue weighted by molar-refractivity contribution is 0.0636. The number of carbonyl (C=O) groups is 1. The van der Waals surface area contributed by atoms with E-state index < -0.39 is 11.7 Å². The standard InChI is InChI=1S/C16H19BrN2O2S/c1-16(2,3)21-15(20)19-12-6-4-5-11(9-12)18-10-13-7-8-14(17)22-13/h4-9,18H,10H2,1-3H3,(H,19,20). The number of anilines is 2. The van der Waals surface area contributed by atoms with Crippen molar-refractivity contribution in [1.82, 2.24) is 0 Å². The van der Waals surface area contributed by atoms with Gasteiger partial charge in [-0.05, 0) is 67.0 Å². The summed E-state index contributed by atoms with van der Waals surface area (Å²) in [5.74, 6) is 0. The molecule has 2 N–H and O–H groups in total. The maximum absolute atomic E-state index is 11.8. The van der Waals surface area contributed by atoms with Crippen LogP contribution in [0.15, 0.2) is 40.2 Å². The van der Waals surface area contributed by atoms with Gasteiger partial charge < -0.3 is 10.1 Å². The van der Waals surface area contributed by atoms with Crippen molar-refractivity contribution in [3.05, 3.63) is 45.1 Å². The summed E-state index contributed by atoms with van der Waals surface area (Å²) in [6.07, 6.45) is -0.452. The van der Waals surface area contributed by atoms with Crippen molar-refractivity contribution in [1.29, 1.82) is 0 Å². The first-order chi connectivity index (χ1) is 10.3. The molecule has 0 saturated heterocycles. The molecular formula is C16H19BrN2O2S. The lowest BCUT2D eigenvalue weighted by atomic mass is 10.2. The molecule has 0 bridgehead atoms. The van der Waals surface area contributed by atoms with Gasteiger partial charge in [0.25, 0.3) is 0 Å². The van der Waals surface area contributed by atoms with Gasteiger partial charge in [-0.3, -0.25) is 5.32 Å². The first kappa shape index (κ1) is 16.8. The van der Waals surface area contributed by atoms with Crippen LogP contribution in [0.1, 0.15) is 25.6 Å². The number of benzene rings is 1. The highest BCUT2D eigenvalue weighted by atomic mass is 79.9. The zero-order valence-electron chi connectivity index (χ0n) is 12.8. The Hall–Kier alpha value is -1.53. The van der Waals surface area contributed by atoms with E-state index in [0.717, 1.165) is 16.0 Å². The van der Waals surface area contributed by atoms with E-state index >= 15 is 0 Å². The molecule has 118 valence electrons. The van der Waals surface area contributed by atoms with E-state index in [1.807, 2.05) is 51.1 Å². The summed E-state index contributed by atoms with van der Waals surface area (Å²) in [4.78, 5) is 13.0. The predicted octanol–water partition coefficient (Wildman–Crippen LogP) is 5.47. The fourth-order valence-corrected chi connectivity index (χ4v) is 3.19. The zero-order valence-corrected chi connectivity index (χ0v) is 15.2. The van der Waals surface area contributed by atoms with Crippen LogP contribution in [0.5, 0.6) is 0 Å². The van der Waals surface area contributed by atoms with Crippen molar-refractivity contribution < 1.29 is 9.53 Å². The number of hydrogen-bond donors (Lipinski definition) is 2. The van der Waals surface area contributed by atoms with Crippen molar-refractivity contribution in [2.45, 2.75) is 32.9 Å². The van der Waals surface area contributed by atoms with Crippen molar-refractivity contribution >= 4 is 44.7 Å². The molecule has 0 aliphatic heterocycles. The van der Waals surface area contributed by atoms with Crippen molar-refractivity contribution in [3.8, 4) is 0 Å². The summed E-state index contributed by atoms with van der Waals surface area (Å²) >= 11 is 5.14. The van der Waals surface area contributed by atoms with Crippen LogP contribution < -0.4 is 10.6 Å². The first-order valence-electron chi connectivity index (χ1n) is 6.90. The van der Waals surface area contributed by atoms with Gasteiger partial charge in [-0.15, -0.1) is 11.3 Å². The molecule has 6 heteroatoms. The Morgan fingerprint density at radius 2 is 1.95 bits per heavy atom. The zero-order chi connectivity index (χ0) is 16.2. The minimum Gasteiger partial charge on any atom is -0.444 e. The highest BCUT2D eigenvalue weighted by Crippen LogP contribution is 2.23. The molecule has 0 radical (unpaired) electrons. The predicted molar refractivity (Wildman–Crippen MR) is 95.6 cm³/mol. The Morgan fingerprint density at radius 1 is 1.23 bits per heavy atom. The Bertz CT molecular complexity index is 650. The third-order valence-electron chi connectivity index (χ3n) is 2.60. The minimum absolute atomic E-state index is 0.452. The van der Waals surface area contributed by atoms with Gasteiger partial charge in [-0.2, -0.15) is 0 Å². The summed E-state index contributed by atoms with van der Waals surface area (Å²) in [5, 5.41) is 6.07. The molecule has 0 aliphatic rings. The second-order valence-corrected chi connectivity index (χ2v) is 8.31.